The molecule has 1 heterocycles. The molecular weight excluding hydrogens is 244 g/mol. The monoisotopic (exact) mass is 256 g/mol. The number of furan rings is 1. The van der Waals surface area contributed by atoms with Crippen LogP contribution in [0, 0.1) is 0 Å². The molecule has 0 saturated heterocycles. The molecule has 0 radical (unpaired) electrons. The highest BCUT2D eigenvalue weighted by atomic mass is 35.5. The van der Waals surface area contributed by atoms with Crippen molar-refractivity contribution < 1.29 is 4.42 Å². The molecule has 2 aromatic carbocycles. The quantitative estimate of drug-likeness (QED) is 0.585. The van der Waals surface area contributed by atoms with E-state index in [1.165, 1.54) is 10.8 Å². The molecule has 0 aliphatic rings. The van der Waals surface area contributed by atoms with E-state index in [1.807, 2.05) is 18.2 Å². The van der Waals surface area contributed by atoms with Crippen molar-refractivity contribution in [2.24, 2.45) is 0 Å². The van der Waals surface area contributed by atoms with Crippen molar-refractivity contribution in [2.75, 3.05) is 5.88 Å². The van der Waals surface area contributed by atoms with Gasteiger partial charge in [-0.15, -0.1) is 11.6 Å². The summed E-state index contributed by atoms with van der Waals surface area (Å²) in [6, 6.07) is 14.3. The van der Waals surface area contributed by atoms with E-state index >= 15 is 0 Å². The zero-order valence-corrected chi connectivity index (χ0v) is 10.7. The van der Waals surface area contributed by atoms with E-state index < -0.39 is 0 Å². The van der Waals surface area contributed by atoms with Crippen LogP contribution >= 0.6 is 11.6 Å². The smallest absolute Gasteiger partial charge is 0.142 e. The highest BCUT2D eigenvalue weighted by Gasteiger charge is 2.07. The third-order valence-corrected chi connectivity index (χ3v) is 3.23. The van der Waals surface area contributed by atoms with Gasteiger partial charge in [-0.05, 0) is 12.5 Å². The zero-order valence-electron chi connectivity index (χ0n) is 9.90. The zero-order chi connectivity index (χ0) is 12.4. The van der Waals surface area contributed by atoms with Gasteiger partial charge in [0.15, 0.2) is 0 Å². The number of para-hydroxylation sites is 2. The summed E-state index contributed by atoms with van der Waals surface area (Å²) in [6.07, 6.45) is 5.03. The van der Waals surface area contributed by atoms with E-state index in [-0.39, 0.29) is 0 Å². The van der Waals surface area contributed by atoms with Gasteiger partial charge in [0, 0.05) is 22.2 Å². The lowest BCUT2D eigenvalue weighted by Gasteiger charge is -1.94. The van der Waals surface area contributed by atoms with Crippen LogP contribution in [-0.4, -0.2) is 5.88 Å². The van der Waals surface area contributed by atoms with E-state index in [0.29, 0.717) is 5.88 Å². The van der Waals surface area contributed by atoms with Crippen molar-refractivity contribution in [3.63, 3.8) is 0 Å². The number of fused-ring (bicyclic) bond motifs is 3. The summed E-state index contributed by atoms with van der Waals surface area (Å²) in [5, 5.41) is 2.33. The Morgan fingerprint density at radius 2 is 1.83 bits per heavy atom. The Morgan fingerprint density at radius 1 is 1.00 bits per heavy atom. The number of hydrogen-bond donors (Lipinski definition) is 0. The molecule has 90 valence electrons. The summed E-state index contributed by atoms with van der Waals surface area (Å²) in [7, 11) is 0. The van der Waals surface area contributed by atoms with Crippen molar-refractivity contribution in [1.82, 2.24) is 0 Å². The van der Waals surface area contributed by atoms with Gasteiger partial charge in [-0.3, -0.25) is 0 Å². The number of halogens is 1. The lowest BCUT2D eigenvalue weighted by molar-refractivity contribution is 0.668. The fraction of sp³-hybridized carbons (Fsp3) is 0.125. The molecule has 3 rings (SSSR count). The highest BCUT2D eigenvalue weighted by molar-refractivity contribution is 6.18. The molecule has 2 heteroatoms. The first kappa shape index (κ1) is 11.4. The van der Waals surface area contributed by atoms with Crippen LogP contribution in [0.2, 0.25) is 0 Å². The normalized spacial score (nSPS) is 11.8. The number of rotatable bonds is 3. The topological polar surface area (TPSA) is 13.1 Å². The molecule has 0 bridgehead atoms. The maximum Gasteiger partial charge on any atom is 0.142 e. The Labute approximate surface area is 111 Å². The number of allylic oxidation sites excluding steroid dienone is 1. The molecule has 0 atom stereocenters. The van der Waals surface area contributed by atoms with Crippen LogP contribution < -0.4 is 0 Å². The van der Waals surface area contributed by atoms with Crippen LogP contribution in [0.3, 0.4) is 0 Å². The lowest BCUT2D eigenvalue weighted by Crippen LogP contribution is -1.74. The van der Waals surface area contributed by atoms with E-state index in [0.717, 1.165) is 23.2 Å². The van der Waals surface area contributed by atoms with Gasteiger partial charge < -0.3 is 4.42 Å². The van der Waals surface area contributed by atoms with Crippen LogP contribution in [0.5, 0.6) is 0 Å². The summed E-state index contributed by atoms with van der Waals surface area (Å²) in [5.74, 6) is 0.645. The maximum atomic E-state index is 5.93. The molecular formula is C16H13ClO. The molecule has 0 N–H and O–H groups in total. The van der Waals surface area contributed by atoms with Crippen molar-refractivity contribution in [3.8, 4) is 0 Å². The standard InChI is InChI=1S/C16H13ClO/c17-11-4-3-6-12-7-5-9-14-13-8-1-2-10-15(13)18-16(12)14/h1-3,5-10H,4,11H2. The molecule has 0 aliphatic carbocycles. The molecule has 0 spiro atoms. The van der Waals surface area contributed by atoms with Gasteiger partial charge in [0.2, 0.25) is 0 Å². The predicted octanol–water partition coefficient (Wildman–Crippen LogP) is 5.23. The minimum Gasteiger partial charge on any atom is -0.455 e. The summed E-state index contributed by atoms with van der Waals surface area (Å²) in [5.41, 5.74) is 2.99. The molecule has 3 aromatic rings. The van der Waals surface area contributed by atoms with Crippen molar-refractivity contribution >= 4 is 39.6 Å². The SMILES string of the molecule is ClCCC=Cc1cccc2c1oc1ccccc12. The maximum absolute atomic E-state index is 5.93. The third kappa shape index (κ3) is 1.91. The van der Waals surface area contributed by atoms with Crippen LogP contribution in [0.15, 0.2) is 53.0 Å². The first-order valence-corrected chi connectivity index (χ1v) is 6.56. The van der Waals surface area contributed by atoms with Crippen molar-refractivity contribution in [1.29, 1.82) is 0 Å². The van der Waals surface area contributed by atoms with Crippen molar-refractivity contribution in [3.05, 3.63) is 54.1 Å². The second kappa shape index (κ2) is 4.87. The molecule has 0 fully saturated rings. The summed E-state index contributed by atoms with van der Waals surface area (Å²) < 4.78 is 5.93. The first-order chi connectivity index (χ1) is 8.90. The van der Waals surface area contributed by atoms with Gasteiger partial charge in [-0.2, -0.15) is 0 Å². The highest BCUT2D eigenvalue weighted by Crippen LogP contribution is 2.31. The van der Waals surface area contributed by atoms with Crippen LogP contribution in [-0.2, 0) is 0 Å². The third-order valence-electron chi connectivity index (χ3n) is 3.01. The van der Waals surface area contributed by atoms with Gasteiger partial charge in [0.05, 0.1) is 0 Å². The lowest BCUT2D eigenvalue weighted by atomic mass is 10.1. The van der Waals surface area contributed by atoms with Gasteiger partial charge in [-0.25, -0.2) is 0 Å². The molecule has 1 aromatic heterocycles. The van der Waals surface area contributed by atoms with E-state index in [1.54, 1.807) is 0 Å². The summed E-state index contributed by atoms with van der Waals surface area (Å²) in [6.45, 7) is 0. The average Bonchev–Trinajstić information content (AvgIpc) is 2.79. The predicted molar refractivity (Wildman–Crippen MR) is 78.1 cm³/mol. The Balaban J connectivity index is 2.21. The molecule has 18 heavy (non-hydrogen) atoms. The minimum absolute atomic E-state index is 0.645. The average molecular weight is 257 g/mol. The first-order valence-electron chi connectivity index (χ1n) is 6.03. The van der Waals surface area contributed by atoms with Crippen LogP contribution in [0.25, 0.3) is 28.0 Å². The second-order valence-corrected chi connectivity index (χ2v) is 4.58. The van der Waals surface area contributed by atoms with Gasteiger partial charge in [-0.1, -0.05) is 48.6 Å². The summed E-state index contributed by atoms with van der Waals surface area (Å²) in [4.78, 5) is 0. The summed E-state index contributed by atoms with van der Waals surface area (Å²) >= 11 is 5.68. The molecule has 0 unspecified atom stereocenters. The molecule has 0 saturated carbocycles. The Hall–Kier alpha value is -1.73. The fourth-order valence-corrected chi connectivity index (χ4v) is 2.30. The van der Waals surface area contributed by atoms with Gasteiger partial charge >= 0.3 is 0 Å². The largest absolute Gasteiger partial charge is 0.455 e. The van der Waals surface area contributed by atoms with Gasteiger partial charge in [0.25, 0.3) is 0 Å². The van der Waals surface area contributed by atoms with Gasteiger partial charge in [0.1, 0.15) is 11.2 Å². The van der Waals surface area contributed by atoms with E-state index in [2.05, 4.69) is 36.4 Å². The molecule has 0 aliphatic heterocycles. The number of benzene rings is 2. The van der Waals surface area contributed by atoms with Crippen LogP contribution in [0.4, 0.5) is 0 Å². The van der Waals surface area contributed by atoms with Crippen LogP contribution in [0.1, 0.15) is 12.0 Å². The Morgan fingerprint density at radius 3 is 2.72 bits per heavy atom. The Bertz CT molecular complexity index is 709. The minimum atomic E-state index is 0.645. The van der Waals surface area contributed by atoms with E-state index in [4.69, 9.17) is 16.0 Å². The number of hydrogen-bond acceptors (Lipinski definition) is 1. The molecule has 1 nitrogen and oxygen atoms in total. The number of alkyl halides is 1. The molecule has 0 amide bonds. The second-order valence-electron chi connectivity index (χ2n) is 4.20. The van der Waals surface area contributed by atoms with E-state index in [9.17, 15) is 0 Å². The van der Waals surface area contributed by atoms with Crippen molar-refractivity contribution in [2.45, 2.75) is 6.42 Å². The Kier molecular flexibility index (Phi) is 3.07. The fourth-order valence-electron chi connectivity index (χ4n) is 2.17.